The van der Waals surface area contributed by atoms with Gasteiger partial charge in [0.1, 0.15) is 6.07 Å². The number of hydrogen-bond acceptors (Lipinski definition) is 2. The summed E-state index contributed by atoms with van der Waals surface area (Å²) in [6, 6.07) is 65.9. The van der Waals surface area contributed by atoms with Crippen LogP contribution in [0.2, 0.25) is 0 Å². The summed E-state index contributed by atoms with van der Waals surface area (Å²) in [5.74, 6) is 0. The molecule has 0 radical (unpaired) electrons. The SMILES string of the molecule is N#Cc1ccc2c3ccccc3n(-c3cccc(-c4ccc(-n5c6ccccc6c6c(-n7c8ccccc8c8ccccc87)cccc65)c(C#N)c4)c3)c2c1. The molecule has 0 saturated carbocycles. The highest BCUT2D eigenvalue weighted by atomic mass is 15.0. The zero-order valence-corrected chi connectivity index (χ0v) is 29.5. The predicted molar refractivity (Wildman–Crippen MR) is 224 cm³/mol. The Labute approximate surface area is 316 Å². The van der Waals surface area contributed by atoms with Crippen LogP contribution in [-0.2, 0) is 0 Å². The van der Waals surface area contributed by atoms with Crippen molar-refractivity contribution in [1.29, 1.82) is 10.5 Å². The molecule has 0 N–H and O–H groups in total. The number of aromatic nitrogens is 3. The van der Waals surface area contributed by atoms with Crippen molar-refractivity contribution < 1.29 is 0 Å². The molecule has 0 bridgehead atoms. The molecule has 11 aromatic rings. The van der Waals surface area contributed by atoms with E-state index in [1.165, 1.54) is 10.8 Å². The monoisotopic (exact) mass is 699 g/mol. The molecular formula is C50H29N5. The lowest BCUT2D eigenvalue weighted by atomic mass is 10.0. The minimum atomic E-state index is 0.586. The highest BCUT2D eigenvalue weighted by molar-refractivity contribution is 6.16. The maximum Gasteiger partial charge on any atom is 0.101 e. The van der Waals surface area contributed by atoms with Gasteiger partial charge in [0.15, 0.2) is 0 Å². The smallest absolute Gasteiger partial charge is 0.101 e. The maximum atomic E-state index is 10.8. The fraction of sp³-hybridized carbons (Fsp3) is 0. The van der Waals surface area contributed by atoms with E-state index >= 15 is 0 Å². The zero-order valence-electron chi connectivity index (χ0n) is 29.5. The molecule has 0 atom stereocenters. The first-order chi connectivity index (χ1) is 27.2. The molecule has 0 unspecified atom stereocenters. The summed E-state index contributed by atoms with van der Waals surface area (Å²) in [6.07, 6.45) is 0. The van der Waals surface area contributed by atoms with Crippen LogP contribution in [0.15, 0.2) is 176 Å². The van der Waals surface area contributed by atoms with Crippen LogP contribution in [0.3, 0.4) is 0 Å². The van der Waals surface area contributed by atoms with E-state index in [0.29, 0.717) is 11.1 Å². The summed E-state index contributed by atoms with van der Waals surface area (Å²) in [7, 11) is 0. The highest BCUT2D eigenvalue weighted by Gasteiger charge is 2.21. The normalized spacial score (nSPS) is 11.6. The molecule has 3 heterocycles. The first-order valence-corrected chi connectivity index (χ1v) is 18.3. The van der Waals surface area contributed by atoms with Crippen LogP contribution in [0.25, 0.3) is 93.6 Å². The Morgan fingerprint density at radius 2 is 0.891 bits per heavy atom. The molecule has 0 aliphatic rings. The standard InChI is InChI=1S/C50H29N5/c51-30-32-23-25-40-39-15-1-5-17-43(39)53(49(40)27-32)36-12-9-11-33(29-36)34-24-26-42(35(28-34)31-52)54-46-20-8-4-16-41(46)50-47(54)21-10-22-48(50)55-44-18-6-2-13-37(44)38-14-3-7-19-45(38)55/h1-29H. The number of nitrogens with zero attached hydrogens (tertiary/aromatic N) is 5. The van der Waals surface area contributed by atoms with Crippen molar-refractivity contribution in [2.45, 2.75) is 0 Å². The molecule has 5 nitrogen and oxygen atoms in total. The lowest BCUT2D eigenvalue weighted by molar-refractivity contribution is 1.16. The summed E-state index contributed by atoms with van der Waals surface area (Å²) in [5, 5.41) is 27.4. The lowest BCUT2D eigenvalue weighted by Gasteiger charge is -2.14. The largest absolute Gasteiger partial charge is 0.309 e. The number of fused-ring (bicyclic) bond motifs is 9. The zero-order chi connectivity index (χ0) is 36.6. The van der Waals surface area contributed by atoms with Gasteiger partial charge >= 0.3 is 0 Å². The van der Waals surface area contributed by atoms with Crippen LogP contribution in [-0.4, -0.2) is 13.7 Å². The Bertz CT molecular complexity index is 3420. The van der Waals surface area contributed by atoms with Gasteiger partial charge in [0.05, 0.1) is 61.7 Å². The molecule has 254 valence electrons. The van der Waals surface area contributed by atoms with Gasteiger partial charge in [-0.15, -0.1) is 0 Å². The summed E-state index contributed by atoms with van der Waals surface area (Å²) in [4.78, 5) is 0. The van der Waals surface area contributed by atoms with Gasteiger partial charge in [0.2, 0.25) is 0 Å². The number of para-hydroxylation sites is 4. The molecule has 0 fully saturated rings. The van der Waals surface area contributed by atoms with E-state index in [-0.39, 0.29) is 0 Å². The molecule has 55 heavy (non-hydrogen) atoms. The first-order valence-electron chi connectivity index (χ1n) is 18.3. The minimum Gasteiger partial charge on any atom is -0.309 e. The number of hydrogen-bond donors (Lipinski definition) is 0. The van der Waals surface area contributed by atoms with Crippen LogP contribution in [0.1, 0.15) is 11.1 Å². The summed E-state index contributed by atoms with van der Waals surface area (Å²) in [5.41, 5.74) is 12.5. The average Bonchev–Trinajstić information content (AvgIpc) is 3.89. The Kier molecular flexibility index (Phi) is 6.61. The van der Waals surface area contributed by atoms with Gasteiger partial charge in [-0.1, -0.05) is 103 Å². The predicted octanol–water partition coefficient (Wildman–Crippen LogP) is 12.4. The molecule has 0 saturated heterocycles. The number of benzene rings is 8. The summed E-state index contributed by atoms with van der Waals surface area (Å²) in [6.45, 7) is 0. The van der Waals surface area contributed by atoms with Crippen molar-refractivity contribution in [3.8, 4) is 40.3 Å². The third-order valence-corrected chi connectivity index (χ3v) is 11.1. The van der Waals surface area contributed by atoms with E-state index in [9.17, 15) is 10.5 Å². The van der Waals surface area contributed by atoms with Crippen LogP contribution < -0.4 is 0 Å². The topological polar surface area (TPSA) is 62.4 Å². The van der Waals surface area contributed by atoms with E-state index < -0.39 is 0 Å². The Hall–Kier alpha value is -7.86. The third-order valence-electron chi connectivity index (χ3n) is 11.1. The van der Waals surface area contributed by atoms with E-state index in [1.807, 2.05) is 36.4 Å². The minimum absolute atomic E-state index is 0.586. The molecule has 11 rings (SSSR count). The Morgan fingerprint density at radius 1 is 0.345 bits per heavy atom. The van der Waals surface area contributed by atoms with Crippen molar-refractivity contribution in [1.82, 2.24) is 13.7 Å². The van der Waals surface area contributed by atoms with Gasteiger partial charge in [-0.2, -0.15) is 10.5 Å². The van der Waals surface area contributed by atoms with Gasteiger partial charge in [0, 0.05) is 38.0 Å². The van der Waals surface area contributed by atoms with E-state index in [0.717, 1.165) is 82.8 Å². The van der Waals surface area contributed by atoms with Gasteiger partial charge in [-0.25, -0.2) is 0 Å². The van der Waals surface area contributed by atoms with Gasteiger partial charge in [-0.05, 0) is 83.9 Å². The first kappa shape index (κ1) is 30.7. The van der Waals surface area contributed by atoms with Crippen molar-refractivity contribution in [2.24, 2.45) is 0 Å². The maximum absolute atomic E-state index is 10.8. The average molecular weight is 700 g/mol. The quantitative estimate of drug-likeness (QED) is 0.184. The van der Waals surface area contributed by atoms with Crippen LogP contribution >= 0.6 is 0 Å². The van der Waals surface area contributed by atoms with Crippen molar-refractivity contribution in [3.63, 3.8) is 0 Å². The second kappa shape index (κ2) is 11.8. The molecule has 8 aromatic carbocycles. The van der Waals surface area contributed by atoms with E-state index in [2.05, 4.69) is 165 Å². The van der Waals surface area contributed by atoms with Crippen molar-refractivity contribution in [3.05, 3.63) is 187 Å². The van der Waals surface area contributed by atoms with Crippen molar-refractivity contribution >= 4 is 65.4 Å². The fourth-order valence-electron chi connectivity index (χ4n) is 8.77. The summed E-state index contributed by atoms with van der Waals surface area (Å²) < 4.78 is 6.84. The van der Waals surface area contributed by atoms with Gasteiger partial charge in [-0.3, -0.25) is 0 Å². The third kappa shape index (κ3) is 4.45. The second-order valence-corrected chi connectivity index (χ2v) is 14.0. The van der Waals surface area contributed by atoms with Gasteiger partial charge < -0.3 is 13.7 Å². The molecule has 0 spiro atoms. The van der Waals surface area contributed by atoms with E-state index in [4.69, 9.17) is 0 Å². The van der Waals surface area contributed by atoms with Crippen LogP contribution in [0.4, 0.5) is 0 Å². The van der Waals surface area contributed by atoms with Crippen LogP contribution in [0, 0.1) is 22.7 Å². The number of nitriles is 2. The van der Waals surface area contributed by atoms with Crippen LogP contribution in [0.5, 0.6) is 0 Å². The van der Waals surface area contributed by atoms with E-state index in [1.54, 1.807) is 0 Å². The molecule has 5 heteroatoms. The second-order valence-electron chi connectivity index (χ2n) is 14.0. The Balaban J connectivity index is 1.10. The van der Waals surface area contributed by atoms with Gasteiger partial charge in [0.25, 0.3) is 0 Å². The number of rotatable bonds is 4. The lowest BCUT2D eigenvalue weighted by Crippen LogP contribution is -1.99. The molecule has 0 amide bonds. The Morgan fingerprint density at radius 3 is 1.56 bits per heavy atom. The molecule has 0 aliphatic carbocycles. The molecular weight excluding hydrogens is 671 g/mol. The molecule has 0 aliphatic heterocycles. The molecule has 3 aromatic heterocycles. The highest BCUT2D eigenvalue weighted by Crippen LogP contribution is 2.41. The van der Waals surface area contributed by atoms with Crippen molar-refractivity contribution in [2.75, 3.05) is 0 Å². The summed E-state index contributed by atoms with van der Waals surface area (Å²) >= 11 is 0. The fourth-order valence-corrected chi connectivity index (χ4v) is 8.77.